The Balaban J connectivity index is 2.13. The van der Waals surface area contributed by atoms with E-state index in [0.717, 1.165) is 13.1 Å². The third-order valence-corrected chi connectivity index (χ3v) is 4.35. The van der Waals surface area contributed by atoms with Crippen LogP contribution in [0.25, 0.3) is 0 Å². The molecule has 0 heterocycles. The van der Waals surface area contributed by atoms with E-state index in [9.17, 15) is 0 Å². The number of rotatable bonds is 17. The third kappa shape index (κ3) is 12.7. The zero-order valence-electron chi connectivity index (χ0n) is 15.6. The Hall–Kier alpha value is -0.280. The van der Waals surface area contributed by atoms with Crippen molar-refractivity contribution in [1.82, 2.24) is 4.90 Å². The fraction of sp³-hybridized carbons (Fsp3) is 1.00. The molecular weight excluding hydrogens is 326 g/mol. The molecule has 0 radical (unpaired) electrons. The fourth-order valence-electron chi connectivity index (χ4n) is 3.06. The maximum absolute atomic E-state index is 8.65. The van der Waals surface area contributed by atoms with E-state index >= 15 is 0 Å². The Kier molecular flexibility index (Phi) is 15.6. The lowest BCUT2D eigenvalue weighted by molar-refractivity contribution is 0.00498. The molecule has 0 unspecified atom stereocenters. The molecule has 0 amide bonds. The first-order valence-electron chi connectivity index (χ1n) is 9.65. The summed E-state index contributed by atoms with van der Waals surface area (Å²) >= 11 is 0. The molecule has 0 aromatic heterocycles. The highest BCUT2D eigenvalue weighted by atomic mass is 16.5. The van der Waals surface area contributed by atoms with Crippen molar-refractivity contribution in [2.75, 3.05) is 79.2 Å². The molecule has 1 saturated carbocycles. The van der Waals surface area contributed by atoms with Crippen molar-refractivity contribution < 1.29 is 29.2 Å². The highest BCUT2D eigenvalue weighted by Crippen LogP contribution is 2.22. The molecule has 0 aliphatic heterocycles. The van der Waals surface area contributed by atoms with Crippen LogP contribution in [-0.2, 0) is 18.9 Å². The Morgan fingerprint density at radius 1 is 0.600 bits per heavy atom. The number of aliphatic hydroxyl groups excluding tert-OH is 2. The molecule has 0 saturated heterocycles. The van der Waals surface area contributed by atoms with E-state index in [4.69, 9.17) is 29.2 Å². The maximum atomic E-state index is 8.65. The predicted octanol–water partition coefficient (Wildman–Crippen LogP) is 0.672. The molecule has 0 atom stereocenters. The first kappa shape index (κ1) is 22.8. The van der Waals surface area contributed by atoms with E-state index < -0.39 is 0 Å². The number of aliphatic hydroxyl groups is 2. The normalized spacial score (nSPS) is 16.0. The number of hydrogen-bond acceptors (Lipinski definition) is 7. The van der Waals surface area contributed by atoms with Crippen LogP contribution >= 0.6 is 0 Å². The topological polar surface area (TPSA) is 80.6 Å². The van der Waals surface area contributed by atoms with Gasteiger partial charge in [-0.15, -0.1) is 0 Å². The zero-order chi connectivity index (χ0) is 18.0. The van der Waals surface area contributed by atoms with Gasteiger partial charge in [-0.05, 0) is 12.8 Å². The minimum Gasteiger partial charge on any atom is -0.394 e. The van der Waals surface area contributed by atoms with Gasteiger partial charge in [0, 0.05) is 19.1 Å². The monoisotopic (exact) mass is 363 g/mol. The molecule has 7 nitrogen and oxygen atoms in total. The lowest BCUT2D eigenvalue weighted by Gasteiger charge is -2.34. The fourth-order valence-corrected chi connectivity index (χ4v) is 3.06. The van der Waals surface area contributed by atoms with Crippen molar-refractivity contribution in [1.29, 1.82) is 0 Å². The van der Waals surface area contributed by atoms with Crippen molar-refractivity contribution in [3.05, 3.63) is 0 Å². The summed E-state index contributed by atoms with van der Waals surface area (Å²) in [4.78, 5) is 2.49. The van der Waals surface area contributed by atoms with Crippen LogP contribution in [0.2, 0.25) is 0 Å². The number of ether oxygens (including phenoxy) is 4. The summed E-state index contributed by atoms with van der Waals surface area (Å²) in [5, 5.41) is 17.3. The molecule has 0 spiro atoms. The van der Waals surface area contributed by atoms with E-state index in [1.54, 1.807) is 0 Å². The molecule has 1 fully saturated rings. The molecule has 0 aromatic rings. The highest BCUT2D eigenvalue weighted by molar-refractivity contribution is 4.75. The molecule has 25 heavy (non-hydrogen) atoms. The quantitative estimate of drug-likeness (QED) is 0.368. The van der Waals surface area contributed by atoms with Crippen LogP contribution in [-0.4, -0.2) is 100 Å². The molecule has 0 aromatic carbocycles. The molecular formula is C18H37NO6. The summed E-state index contributed by atoms with van der Waals surface area (Å²) in [7, 11) is 0. The SMILES string of the molecule is OCCOCCOCCN(CCOCCOCCO)C1CCCCC1. The Morgan fingerprint density at radius 3 is 1.48 bits per heavy atom. The van der Waals surface area contributed by atoms with E-state index in [-0.39, 0.29) is 13.2 Å². The summed E-state index contributed by atoms with van der Waals surface area (Å²) in [5.74, 6) is 0. The van der Waals surface area contributed by atoms with E-state index in [2.05, 4.69) is 4.90 Å². The van der Waals surface area contributed by atoms with Crippen molar-refractivity contribution in [2.45, 2.75) is 38.1 Å². The third-order valence-electron chi connectivity index (χ3n) is 4.35. The van der Waals surface area contributed by atoms with E-state index in [0.29, 0.717) is 58.9 Å². The van der Waals surface area contributed by atoms with Crippen molar-refractivity contribution in [3.63, 3.8) is 0 Å². The molecule has 1 rings (SSSR count). The van der Waals surface area contributed by atoms with Gasteiger partial charge in [0.1, 0.15) is 0 Å². The summed E-state index contributed by atoms with van der Waals surface area (Å²) in [5.41, 5.74) is 0. The standard InChI is InChI=1S/C18H37NO6/c20-8-12-24-16-14-22-10-6-19(18-4-2-1-3-5-18)7-11-23-15-17-25-13-9-21/h18,20-21H,1-17H2. The summed E-state index contributed by atoms with van der Waals surface area (Å²) in [6.07, 6.45) is 6.50. The first-order valence-corrected chi connectivity index (χ1v) is 9.65. The van der Waals surface area contributed by atoms with Crippen LogP contribution in [0.3, 0.4) is 0 Å². The lowest BCUT2D eigenvalue weighted by Crippen LogP contribution is -2.41. The van der Waals surface area contributed by atoms with Gasteiger partial charge in [0.05, 0.1) is 66.1 Å². The van der Waals surface area contributed by atoms with Crippen LogP contribution < -0.4 is 0 Å². The Labute approximate surface area is 152 Å². The predicted molar refractivity (Wildman–Crippen MR) is 95.9 cm³/mol. The average molecular weight is 363 g/mol. The lowest BCUT2D eigenvalue weighted by atomic mass is 9.94. The largest absolute Gasteiger partial charge is 0.394 e. The van der Waals surface area contributed by atoms with Crippen LogP contribution in [0.4, 0.5) is 0 Å². The minimum atomic E-state index is 0.0560. The molecule has 1 aliphatic rings. The molecule has 150 valence electrons. The van der Waals surface area contributed by atoms with Gasteiger partial charge in [-0.1, -0.05) is 19.3 Å². The van der Waals surface area contributed by atoms with Gasteiger partial charge in [0.25, 0.3) is 0 Å². The minimum absolute atomic E-state index is 0.0560. The van der Waals surface area contributed by atoms with Crippen LogP contribution in [0.1, 0.15) is 32.1 Å². The zero-order valence-corrected chi connectivity index (χ0v) is 15.6. The van der Waals surface area contributed by atoms with Gasteiger partial charge >= 0.3 is 0 Å². The van der Waals surface area contributed by atoms with Gasteiger partial charge in [-0.25, -0.2) is 0 Å². The summed E-state index contributed by atoms with van der Waals surface area (Å²) < 4.78 is 21.7. The van der Waals surface area contributed by atoms with Crippen molar-refractivity contribution in [3.8, 4) is 0 Å². The Bertz CT molecular complexity index is 258. The number of hydrogen-bond donors (Lipinski definition) is 2. The summed E-state index contributed by atoms with van der Waals surface area (Å²) in [6, 6.07) is 0.636. The highest BCUT2D eigenvalue weighted by Gasteiger charge is 2.20. The first-order chi connectivity index (χ1) is 12.4. The average Bonchev–Trinajstić information content (AvgIpc) is 2.65. The second kappa shape index (κ2) is 17.1. The van der Waals surface area contributed by atoms with Crippen molar-refractivity contribution in [2.24, 2.45) is 0 Å². The second-order valence-corrected chi connectivity index (χ2v) is 6.22. The van der Waals surface area contributed by atoms with Gasteiger partial charge in [-0.2, -0.15) is 0 Å². The van der Waals surface area contributed by atoms with Crippen LogP contribution in [0.15, 0.2) is 0 Å². The van der Waals surface area contributed by atoms with Gasteiger partial charge in [0.15, 0.2) is 0 Å². The van der Waals surface area contributed by atoms with E-state index in [1.165, 1.54) is 32.1 Å². The molecule has 1 aliphatic carbocycles. The maximum Gasteiger partial charge on any atom is 0.0701 e. The van der Waals surface area contributed by atoms with Gasteiger partial charge in [-0.3, -0.25) is 4.90 Å². The summed E-state index contributed by atoms with van der Waals surface area (Å²) in [6.45, 7) is 6.26. The molecule has 7 heteroatoms. The van der Waals surface area contributed by atoms with Crippen LogP contribution in [0, 0.1) is 0 Å². The molecule has 2 N–H and O–H groups in total. The Morgan fingerprint density at radius 2 is 1.04 bits per heavy atom. The smallest absolute Gasteiger partial charge is 0.0701 e. The van der Waals surface area contributed by atoms with Crippen molar-refractivity contribution >= 4 is 0 Å². The second-order valence-electron chi connectivity index (χ2n) is 6.22. The van der Waals surface area contributed by atoms with Gasteiger partial charge in [0.2, 0.25) is 0 Å². The number of nitrogens with zero attached hydrogens (tertiary/aromatic N) is 1. The van der Waals surface area contributed by atoms with Crippen LogP contribution in [0.5, 0.6) is 0 Å². The van der Waals surface area contributed by atoms with E-state index in [1.807, 2.05) is 0 Å². The van der Waals surface area contributed by atoms with Gasteiger partial charge < -0.3 is 29.2 Å². The molecule has 0 bridgehead atoms.